The van der Waals surface area contributed by atoms with Crippen LogP contribution in [0.3, 0.4) is 0 Å². The Kier molecular flexibility index (Phi) is 5.27. The van der Waals surface area contributed by atoms with Crippen molar-refractivity contribution in [2.45, 2.75) is 51.1 Å². The quantitative estimate of drug-likeness (QED) is 0.819. The van der Waals surface area contributed by atoms with Gasteiger partial charge in [0.2, 0.25) is 5.91 Å². The fraction of sp³-hybridized carbons (Fsp3) is 0.529. The second-order valence-corrected chi connectivity index (χ2v) is 6.93. The third-order valence-corrected chi connectivity index (χ3v) is 5.23. The molecular weight excluding hydrogens is 294 g/mol. The molecule has 0 aromatic carbocycles. The molecule has 3 heterocycles. The molecule has 1 amide bonds. The van der Waals surface area contributed by atoms with E-state index < -0.39 is 0 Å². The first-order valence-electron chi connectivity index (χ1n) is 8.12. The van der Waals surface area contributed by atoms with Crippen molar-refractivity contribution < 1.29 is 4.79 Å². The van der Waals surface area contributed by atoms with Crippen LogP contribution in [0.25, 0.3) is 0 Å². The summed E-state index contributed by atoms with van der Waals surface area (Å²) in [5.41, 5.74) is 0. The molecule has 3 rings (SSSR count). The highest BCUT2D eigenvalue weighted by molar-refractivity contribution is 7.09. The van der Waals surface area contributed by atoms with Gasteiger partial charge in [-0.3, -0.25) is 9.48 Å². The number of nitrogens with zero attached hydrogens (tertiary/aromatic N) is 3. The molecule has 0 saturated carbocycles. The Morgan fingerprint density at radius 1 is 1.36 bits per heavy atom. The number of hydrogen-bond donors (Lipinski definition) is 0. The van der Waals surface area contributed by atoms with E-state index in [0.717, 1.165) is 38.8 Å². The molecule has 4 nitrogen and oxygen atoms in total. The van der Waals surface area contributed by atoms with Gasteiger partial charge in [-0.15, -0.1) is 11.3 Å². The predicted octanol–water partition coefficient (Wildman–Crippen LogP) is 3.35. The van der Waals surface area contributed by atoms with Crippen molar-refractivity contribution in [3.8, 4) is 0 Å². The predicted molar refractivity (Wildman–Crippen MR) is 88.8 cm³/mol. The average molecular weight is 317 g/mol. The fourth-order valence-electron chi connectivity index (χ4n) is 3.16. The number of aromatic nitrogens is 2. The SMILES string of the molecule is O=C(CCCc1cccs1)N1CCCC[C@@H]1Cn1cccn1. The molecule has 22 heavy (non-hydrogen) atoms. The molecule has 0 unspecified atom stereocenters. The van der Waals surface area contributed by atoms with Gasteiger partial charge in [-0.1, -0.05) is 6.07 Å². The van der Waals surface area contributed by atoms with Gasteiger partial charge in [0.1, 0.15) is 0 Å². The van der Waals surface area contributed by atoms with Gasteiger partial charge in [0.25, 0.3) is 0 Å². The summed E-state index contributed by atoms with van der Waals surface area (Å²) >= 11 is 1.78. The topological polar surface area (TPSA) is 38.1 Å². The zero-order valence-electron chi connectivity index (χ0n) is 12.9. The lowest BCUT2D eigenvalue weighted by Gasteiger charge is -2.36. The van der Waals surface area contributed by atoms with Crippen LogP contribution in [0.1, 0.15) is 37.0 Å². The normalized spacial score (nSPS) is 18.5. The van der Waals surface area contributed by atoms with Crippen LogP contribution in [-0.4, -0.2) is 33.2 Å². The van der Waals surface area contributed by atoms with Gasteiger partial charge >= 0.3 is 0 Å². The van der Waals surface area contributed by atoms with E-state index in [2.05, 4.69) is 27.5 Å². The van der Waals surface area contributed by atoms with Crippen molar-refractivity contribution >= 4 is 17.2 Å². The molecule has 5 heteroatoms. The number of carbonyl (C=O) groups is 1. The number of hydrogen-bond acceptors (Lipinski definition) is 3. The molecule has 1 atom stereocenters. The number of thiophene rings is 1. The number of amides is 1. The zero-order valence-corrected chi connectivity index (χ0v) is 13.7. The highest BCUT2D eigenvalue weighted by Crippen LogP contribution is 2.20. The van der Waals surface area contributed by atoms with Gasteiger partial charge in [-0.2, -0.15) is 5.10 Å². The molecular formula is C17H23N3OS. The Morgan fingerprint density at radius 3 is 3.09 bits per heavy atom. The number of piperidine rings is 1. The van der Waals surface area contributed by atoms with Crippen LogP contribution < -0.4 is 0 Å². The Labute approximate surface area is 135 Å². The van der Waals surface area contributed by atoms with Crippen molar-refractivity contribution in [1.29, 1.82) is 0 Å². The molecule has 2 aromatic rings. The van der Waals surface area contributed by atoms with Crippen LogP contribution in [-0.2, 0) is 17.8 Å². The van der Waals surface area contributed by atoms with E-state index in [1.807, 2.05) is 16.9 Å². The molecule has 0 N–H and O–H groups in total. The summed E-state index contributed by atoms with van der Waals surface area (Å²) in [6, 6.07) is 6.47. The van der Waals surface area contributed by atoms with Crippen LogP contribution in [0.4, 0.5) is 0 Å². The minimum atomic E-state index is 0.308. The third kappa shape index (κ3) is 3.97. The van der Waals surface area contributed by atoms with Crippen molar-refractivity contribution in [3.05, 3.63) is 40.8 Å². The van der Waals surface area contributed by atoms with Crippen molar-refractivity contribution in [2.75, 3.05) is 6.54 Å². The summed E-state index contributed by atoms with van der Waals surface area (Å²) in [5, 5.41) is 6.38. The smallest absolute Gasteiger partial charge is 0.222 e. The summed E-state index contributed by atoms with van der Waals surface area (Å²) in [7, 11) is 0. The van der Waals surface area contributed by atoms with Gasteiger partial charge < -0.3 is 4.90 Å². The molecule has 0 spiro atoms. The van der Waals surface area contributed by atoms with E-state index in [0.29, 0.717) is 18.4 Å². The van der Waals surface area contributed by atoms with Crippen molar-refractivity contribution in [3.63, 3.8) is 0 Å². The standard InChI is InChI=1S/C17H23N3OS/c21-17(9-3-7-16-8-4-13-22-16)20-12-2-1-6-15(20)14-19-11-5-10-18-19/h4-5,8,10-11,13,15H,1-3,6-7,9,12,14H2/t15-/m1/s1. The van der Waals surface area contributed by atoms with E-state index >= 15 is 0 Å². The Balaban J connectivity index is 1.52. The third-order valence-electron chi connectivity index (χ3n) is 4.30. The number of aryl methyl sites for hydroxylation is 1. The van der Waals surface area contributed by atoms with Crippen molar-refractivity contribution in [1.82, 2.24) is 14.7 Å². The molecule has 1 aliphatic rings. The minimum absolute atomic E-state index is 0.308. The summed E-state index contributed by atoms with van der Waals surface area (Å²) in [6.45, 7) is 1.73. The summed E-state index contributed by atoms with van der Waals surface area (Å²) < 4.78 is 1.95. The zero-order chi connectivity index (χ0) is 15.2. The molecule has 0 aliphatic carbocycles. The number of carbonyl (C=O) groups excluding carboxylic acids is 1. The lowest BCUT2D eigenvalue weighted by atomic mass is 10.0. The van der Waals surface area contributed by atoms with Crippen LogP contribution in [0.15, 0.2) is 36.0 Å². The largest absolute Gasteiger partial charge is 0.338 e. The van der Waals surface area contributed by atoms with Crippen LogP contribution >= 0.6 is 11.3 Å². The number of rotatable bonds is 6. The fourth-order valence-corrected chi connectivity index (χ4v) is 3.91. The molecule has 0 radical (unpaired) electrons. The average Bonchev–Trinajstić information content (AvgIpc) is 3.21. The summed E-state index contributed by atoms with van der Waals surface area (Å²) in [6.07, 6.45) is 9.84. The van der Waals surface area contributed by atoms with Gasteiger partial charge in [0, 0.05) is 30.2 Å². The molecule has 1 fully saturated rings. The van der Waals surface area contributed by atoms with E-state index in [1.54, 1.807) is 17.5 Å². The minimum Gasteiger partial charge on any atom is -0.338 e. The maximum Gasteiger partial charge on any atom is 0.222 e. The highest BCUT2D eigenvalue weighted by Gasteiger charge is 2.26. The van der Waals surface area contributed by atoms with E-state index in [-0.39, 0.29) is 0 Å². The molecule has 2 aromatic heterocycles. The Hall–Kier alpha value is -1.62. The summed E-state index contributed by atoms with van der Waals surface area (Å²) in [5.74, 6) is 0.313. The lowest BCUT2D eigenvalue weighted by Crippen LogP contribution is -2.45. The first-order chi connectivity index (χ1) is 10.8. The molecule has 118 valence electrons. The van der Waals surface area contributed by atoms with Crippen LogP contribution in [0, 0.1) is 0 Å². The van der Waals surface area contributed by atoms with Gasteiger partial charge in [0.15, 0.2) is 0 Å². The Morgan fingerprint density at radius 2 is 2.32 bits per heavy atom. The van der Waals surface area contributed by atoms with E-state index in [4.69, 9.17) is 0 Å². The highest BCUT2D eigenvalue weighted by atomic mass is 32.1. The molecule has 1 aliphatic heterocycles. The number of likely N-dealkylation sites (tertiary alicyclic amines) is 1. The Bertz CT molecular complexity index is 565. The van der Waals surface area contributed by atoms with E-state index in [9.17, 15) is 4.79 Å². The first kappa shape index (κ1) is 15.3. The van der Waals surface area contributed by atoms with Gasteiger partial charge in [0.05, 0.1) is 12.6 Å². The second-order valence-electron chi connectivity index (χ2n) is 5.90. The maximum atomic E-state index is 12.6. The molecule has 0 bridgehead atoms. The monoisotopic (exact) mass is 317 g/mol. The molecule has 1 saturated heterocycles. The van der Waals surface area contributed by atoms with E-state index in [1.165, 1.54) is 11.3 Å². The van der Waals surface area contributed by atoms with Gasteiger partial charge in [-0.25, -0.2) is 0 Å². The first-order valence-corrected chi connectivity index (χ1v) is 9.00. The second kappa shape index (κ2) is 7.58. The lowest BCUT2D eigenvalue weighted by molar-refractivity contribution is -0.135. The maximum absolute atomic E-state index is 12.6. The summed E-state index contributed by atoms with van der Waals surface area (Å²) in [4.78, 5) is 16.0. The van der Waals surface area contributed by atoms with Crippen molar-refractivity contribution in [2.24, 2.45) is 0 Å². The van der Waals surface area contributed by atoms with Crippen LogP contribution in [0.2, 0.25) is 0 Å². The van der Waals surface area contributed by atoms with Gasteiger partial charge in [-0.05, 0) is 49.6 Å². The van der Waals surface area contributed by atoms with Crippen LogP contribution in [0.5, 0.6) is 0 Å².